The van der Waals surface area contributed by atoms with Gasteiger partial charge in [0, 0.05) is 35.3 Å². The minimum atomic E-state index is -0.316. The highest BCUT2D eigenvalue weighted by atomic mass is 16.5. The van der Waals surface area contributed by atoms with Crippen molar-refractivity contribution in [1.29, 1.82) is 5.41 Å². The highest BCUT2D eigenvalue weighted by Gasteiger charge is 2.32. The van der Waals surface area contributed by atoms with E-state index in [0.717, 1.165) is 29.5 Å². The summed E-state index contributed by atoms with van der Waals surface area (Å²) in [5.41, 5.74) is 3.54. The van der Waals surface area contributed by atoms with Gasteiger partial charge in [0.05, 0.1) is 20.3 Å². The molecular formula is C27H37N5O5. The molecule has 200 valence electrons. The summed E-state index contributed by atoms with van der Waals surface area (Å²) in [6.07, 6.45) is 2.59. The molecule has 0 radical (unpaired) electrons. The lowest BCUT2D eigenvalue weighted by molar-refractivity contribution is 0.0964. The molecule has 0 atom stereocenters. The zero-order chi connectivity index (χ0) is 26.9. The Morgan fingerprint density at radius 1 is 1.22 bits per heavy atom. The molecule has 10 heteroatoms. The molecule has 2 heterocycles. The fraction of sp³-hybridized carbons (Fsp3) is 0.556. The standard InChI is InChI=1S/C27H37N5O5/c1-7-36-25-16(2)22(17-9-10-17)24-29-31(26(28)32(24)30-25)15-20(34)18-13-19(27(3,4)5)23(35-6)21(14-18)37-12-8-11-33/h13-14,17,28,33H,7-12,15H2,1-6H3. The van der Waals surface area contributed by atoms with Crippen LogP contribution < -0.4 is 19.8 Å². The third-order valence-corrected chi connectivity index (χ3v) is 6.53. The zero-order valence-electron chi connectivity index (χ0n) is 22.6. The lowest BCUT2D eigenvalue weighted by Crippen LogP contribution is -2.27. The molecule has 0 aliphatic heterocycles. The second-order valence-corrected chi connectivity index (χ2v) is 10.4. The number of fused-ring (bicyclic) bond motifs is 1. The Bertz CT molecular complexity index is 1360. The smallest absolute Gasteiger partial charge is 0.242 e. The molecule has 1 saturated carbocycles. The average molecular weight is 512 g/mol. The summed E-state index contributed by atoms with van der Waals surface area (Å²) in [6.45, 7) is 10.6. The number of carbonyl (C=O) groups is 1. The number of Topliss-reactive ketones (excluding diaryl/α,β-unsaturated/α-hetero) is 1. The van der Waals surface area contributed by atoms with Gasteiger partial charge in [-0.25, -0.2) is 4.68 Å². The summed E-state index contributed by atoms with van der Waals surface area (Å²) in [6, 6.07) is 3.49. The van der Waals surface area contributed by atoms with Crippen molar-refractivity contribution in [1.82, 2.24) is 19.4 Å². The Hall–Kier alpha value is -3.40. The third kappa shape index (κ3) is 5.34. The molecule has 37 heavy (non-hydrogen) atoms. The van der Waals surface area contributed by atoms with Crippen LogP contribution in [0, 0.1) is 12.3 Å². The van der Waals surface area contributed by atoms with Gasteiger partial charge in [-0.2, -0.15) is 4.52 Å². The largest absolute Gasteiger partial charge is 0.493 e. The van der Waals surface area contributed by atoms with Gasteiger partial charge < -0.3 is 19.3 Å². The van der Waals surface area contributed by atoms with Gasteiger partial charge in [-0.3, -0.25) is 10.2 Å². The Kier molecular flexibility index (Phi) is 7.59. The monoisotopic (exact) mass is 511 g/mol. The first-order valence-electron chi connectivity index (χ1n) is 12.8. The molecule has 0 unspecified atom stereocenters. The molecule has 1 fully saturated rings. The van der Waals surface area contributed by atoms with Gasteiger partial charge >= 0.3 is 0 Å². The maximum atomic E-state index is 13.5. The van der Waals surface area contributed by atoms with Crippen LogP contribution in [0.3, 0.4) is 0 Å². The number of methoxy groups -OCH3 is 1. The van der Waals surface area contributed by atoms with Gasteiger partial charge in [0.2, 0.25) is 11.5 Å². The van der Waals surface area contributed by atoms with E-state index in [9.17, 15) is 4.79 Å². The minimum Gasteiger partial charge on any atom is -0.493 e. The zero-order valence-corrected chi connectivity index (χ0v) is 22.6. The summed E-state index contributed by atoms with van der Waals surface area (Å²) in [5.74, 6) is 1.67. The van der Waals surface area contributed by atoms with Gasteiger partial charge in [0.15, 0.2) is 22.9 Å². The molecule has 0 amide bonds. The van der Waals surface area contributed by atoms with Crippen LogP contribution in [0.25, 0.3) is 5.65 Å². The van der Waals surface area contributed by atoms with Crippen LogP contribution in [0.4, 0.5) is 0 Å². The average Bonchev–Trinajstić information content (AvgIpc) is 3.64. The Morgan fingerprint density at radius 3 is 2.54 bits per heavy atom. The SMILES string of the molecule is CCOc1nn2c(=N)n(CC(=O)c3cc(OCCCO)c(OC)c(C(C)(C)C)c3)nc2c(C2CC2)c1C. The van der Waals surface area contributed by atoms with Crippen LogP contribution in [0.15, 0.2) is 12.1 Å². The molecular weight excluding hydrogens is 474 g/mol. The number of hydrogen-bond donors (Lipinski definition) is 2. The number of carbonyl (C=O) groups excluding carboxylic acids is 1. The summed E-state index contributed by atoms with van der Waals surface area (Å²) < 4.78 is 20.1. The predicted octanol–water partition coefficient (Wildman–Crippen LogP) is 3.54. The van der Waals surface area contributed by atoms with Crippen LogP contribution in [0.2, 0.25) is 0 Å². The Balaban J connectivity index is 1.75. The number of ketones is 1. The highest BCUT2D eigenvalue weighted by Crippen LogP contribution is 2.44. The molecule has 0 spiro atoms. The molecule has 3 aromatic rings. The molecule has 1 aromatic carbocycles. The van der Waals surface area contributed by atoms with Crippen LogP contribution in [-0.4, -0.2) is 57.2 Å². The van der Waals surface area contributed by atoms with E-state index in [4.69, 9.17) is 24.7 Å². The topological polar surface area (TPSA) is 124 Å². The number of ether oxygens (including phenoxy) is 3. The first-order valence-corrected chi connectivity index (χ1v) is 12.8. The second kappa shape index (κ2) is 10.5. The van der Waals surface area contributed by atoms with E-state index in [-0.39, 0.29) is 30.0 Å². The van der Waals surface area contributed by atoms with Crippen molar-refractivity contribution >= 4 is 11.4 Å². The van der Waals surface area contributed by atoms with E-state index >= 15 is 0 Å². The van der Waals surface area contributed by atoms with Crippen LogP contribution in [0.1, 0.15) is 79.9 Å². The van der Waals surface area contributed by atoms with Crippen molar-refractivity contribution in [3.05, 3.63) is 40.0 Å². The summed E-state index contributed by atoms with van der Waals surface area (Å²) in [7, 11) is 1.58. The number of aromatic nitrogens is 4. The second-order valence-electron chi connectivity index (χ2n) is 10.4. The number of benzene rings is 1. The van der Waals surface area contributed by atoms with E-state index in [0.29, 0.717) is 54.1 Å². The Labute approximate surface area is 216 Å². The summed E-state index contributed by atoms with van der Waals surface area (Å²) in [5, 5.41) is 27.1. The molecule has 10 nitrogen and oxygen atoms in total. The van der Waals surface area contributed by atoms with E-state index in [2.05, 4.69) is 10.2 Å². The lowest BCUT2D eigenvalue weighted by Gasteiger charge is -2.25. The van der Waals surface area contributed by atoms with E-state index in [1.165, 1.54) is 9.20 Å². The fourth-order valence-electron chi connectivity index (χ4n) is 4.48. The number of nitrogens with one attached hydrogen (secondary N) is 1. The summed E-state index contributed by atoms with van der Waals surface area (Å²) >= 11 is 0. The van der Waals surface area contributed by atoms with Gasteiger partial charge in [-0.15, -0.1) is 10.2 Å². The summed E-state index contributed by atoms with van der Waals surface area (Å²) in [4.78, 5) is 13.5. The highest BCUT2D eigenvalue weighted by molar-refractivity contribution is 5.97. The van der Waals surface area contributed by atoms with Crippen molar-refractivity contribution in [3.63, 3.8) is 0 Å². The van der Waals surface area contributed by atoms with E-state index in [1.807, 2.05) is 40.7 Å². The van der Waals surface area contributed by atoms with Crippen molar-refractivity contribution < 1.29 is 24.1 Å². The number of aliphatic hydroxyl groups is 1. The van der Waals surface area contributed by atoms with Crippen LogP contribution in [0.5, 0.6) is 17.4 Å². The quantitative estimate of drug-likeness (QED) is 0.298. The van der Waals surface area contributed by atoms with Gasteiger partial charge in [0.1, 0.15) is 6.54 Å². The van der Waals surface area contributed by atoms with Crippen molar-refractivity contribution in [3.8, 4) is 17.4 Å². The number of aliphatic hydroxyl groups excluding tert-OH is 1. The number of rotatable bonds is 11. The maximum absolute atomic E-state index is 13.5. The molecule has 2 N–H and O–H groups in total. The van der Waals surface area contributed by atoms with E-state index < -0.39 is 0 Å². The predicted molar refractivity (Wildman–Crippen MR) is 138 cm³/mol. The lowest BCUT2D eigenvalue weighted by atomic mass is 9.84. The Morgan fingerprint density at radius 2 is 1.95 bits per heavy atom. The molecule has 1 aliphatic carbocycles. The molecule has 2 aromatic heterocycles. The molecule has 1 aliphatic rings. The first kappa shape index (κ1) is 26.7. The molecule has 4 rings (SSSR count). The van der Waals surface area contributed by atoms with Crippen LogP contribution in [-0.2, 0) is 12.0 Å². The number of nitrogens with zero attached hydrogens (tertiary/aromatic N) is 4. The maximum Gasteiger partial charge on any atom is 0.242 e. The van der Waals surface area contributed by atoms with Crippen molar-refractivity contribution in [2.45, 2.75) is 71.8 Å². The van der Waals surface area contributed by atoms with Gasteiger partial charge in [0.25, 0.3) is 0 Å². The minimum absolute atomic E-state index is 0.00519. The molecule has 0 saturated heterocycles. The third-order valence-electron chi connectivity index (χ3n) is 6.53. The van der Waals surface area contributed by atoms with Crippen LogP contribution >= 0.6 is 0 Å². The van der Waals surface area contributed by atoms with Gasteiger partial charge in [-0.1, -0.05) is 20.8 Å². The first-order chi connectivity index (χ1) is 17.6. The number of hydrogen-bond acceptors (Lipinski definition) is 8. The van der Waals surface area contributed by atoms with Gasteiger partial charge in [-0.05, 0) is 50.2 Å². The van der Waals surface area contributed by atoms with Crippen molar-refractivity contribution in [2.75, 3.05) is 26.9 Å². The van der Waals surface area contributed by atoms with Crippen molar-refractivity contribution in [2.24, 2.45) is 0 Å². The molecule has 0 bridgehead atoms. The fourth-order valence-corrected chi connectivity index (χ4v) is 4.48. The normalized spacial score (nSPS) is 13.7. The van der Waals surface area contributed by atoms with E-state index in [1.54, 1.807) is 13.2 Å².